The molecule has 0 radical (unpaired) electrons. The lowest BCUT2D eigenvalue weighted by atomic mass is 10.00. The molecule has 0 unspecified atom stereocenters. The number of nitrogens with zero attached hydrogens (tertiary/aromatic N) is 1. The zero-order valence-corrected chi connectivity index (χ0v) is 20.5. The number of carbonyl (C=O) groups is 2. The van der Waals surface area contributed by atoms with Gasteiger partial charge in [0.25, 0.3) is 5.91 Å². The topological polar surface area (TPSA) is 58.6 Å². The molecule has 0 fully saturated rings. The Morgan fingerprint density at radius 1 is 0.882 bits per heavy atom. The number of ether oxygens (including phenoxy) is 1. The summed E-state index contributed by atoms with van der Waals surface area (Å²) in [7, 11) is 0. The highest BCUT2D eigenvalue weighted by atomic mass is 16.5. The predicted octanol–water partition coefficient (Wildman–Crippen LogP) is 4.93. The van der Waals surface area contributed by atoms with E-state index in [0.717, 1.165) is 16.7 Å². The summed E-state index contributed by atoms with van der Waals surface area (Å²) in [5.74, 6) is 0.195. The molecule has 0 aliphatic carbocycles. The Morgan fingerprint density at radius 3 is 2.09 bits per heavy atom. The highest BCUT2D eigenvalue weighted by Gasteiger charge is 2.32. The Morgan fingerprint density at radius 2 is 1.47 bits per heavy atom. The largest absolute Gasteiger partial charge is 0.484 e. The van der Waals surface area contributed by atoms with E-state index >= 15 is 0 Å². The monoisotopic (exact) mass is 458 g/mol. The van der Waals surface area contributed by atoms with E-state index in [1.165, 1.54) is 0 Å². The lowest BCUT2D eigenvalue weighted by Crippen LogP contribution is -2.55. The van der Waals surface area contributed by atoms with E-state index in [1.54, 1.807) is 4.90 Å². The Labute approximate surface area is 202 Å². The molecule has 0 bridgehead atoms. The number of hydrogen-bond donors (Lipinski definition) is 1. The minimum Gasteiger partial charge on any atom is -0.484 e. The first-order chi connectivity index (χ1) is 16.2. The number of para-hydroxylation sites is 1. The van der Waals surface area contributed by atoms with Crippen molar-refractivity contribution in [2.75, 3.05) is 6.61 Å². The van der Waals surface area contributed by atoms with Crippen LogP contribution in [0.1, 0.15) is 37.5 Å². The van der Waals surface area contributed by atoms with Gasteiger partial charge in [-0.1, -0.05) is 72.8 Å². The number of nitrogens with one attached hydrogen (secondary N) is 1. The molecular weight excluding hydrogens is 424 g/mol. The molecule has 1 atom stereocenters. The van der Waals surface area contributed by atoms with E-state index in [9.17, 15) is 9.59 Å². The van der Waals surface area contributed by atoms with Gasteiger partial charge < -0.3 is 15.0 Å². The number of aryl methyl sites for hydroxylation is 1. The molecule has 0 spiro atoms. The van der Waals surface area contributed by atoms with Crippen molar-refractivity contribution < 1.29 is 14.3 Å². The van der Waals surface area contributed by atoms with Gasteiger partial charge in [0.05, 0.1) is 0 Å². The van der Waals surface area contributed by atoms with Gasteiger partial charge in [-0.3, -0.25) is 9.59 Å². The molecule has 178 valence electrons. The van der Waals surface area contributed by atoms with E-state index in [0.29, 0.717) is 18.7 Å². The molecule has 5 nitrogen and oxygen atoms in total. The van der Waals surface area contributed by atoms with Crippen LogP contribution in [-0.2, 0) is 22.6 Å². The summed E-state index contributed by atoms with van der Waals surface area (Å²) in [4.78, 5) is 28.7. The average Bonchev–Trinajstić information content (AvgIpc) is 2.81. The molecule has 5 heteroatoms. The Balaban J connectivity index is 1.94. The van der Waals surface area contributed by atoms with Crippen LogP contribution >= 0.6 is 0 Å². The van der Waals surface area contributed by atoms with Crippen LogP contribution in [0.25, 0.3) is 0 Å². The van der Waals surface area contributed by atoms with Crippen LogP contribution in [0.2, 0.25) is 0 Å². The maximum absolute atomic E-state index is 13.6. The summed E-state index contributed by atoms with van der Waals surface area (Å²) in [6.45, 7) is 8.01. The molecule has 0 heterocycles. The first kappa shape index (κ1) is 25.0. The maximum Gasteiger partial charge on any atom is 0.261 e. The fourth-order valence-corrected chi connectivity index (χ4v) is 3.72. The number of rotatable bonds is 9. The van der Waals surface area contributed by atoms with E-state index in [2.05, 4.69) is 5.32 Å². The van der Waals surface area contributed by atoms with E-state index in [-0.39, 0.29) is 18.4 Å². The zero-order valence-electron chi connectivity index (χ0n) is 20.5. The molecule has 0 aliphatic heterocycles. The highest BCUT2D eigenvalue weighted by molar-refractivity contribution is 5.89. The van der Waals surface area contributed by atoms with Crippen molar-refractivity contribution in [3.05, 3.63) is 102 Å². The molecule has 0 saturated carbocycles. The number of hydrogen-bond acceptors (Lipinski definition) is 3. The molecule has 0 saturated heterocycles. The SMILES string of the molecule is Cc1ccccc1CN(C(=O)COc1ccccc1)[C@H](Cc1ccccc1)C(=O)NC(C)(C)C. The maximum atomic E-state index is 13.6. The van der Waals surface area contributed by atoms with Gasteiger partial charge in [-0.05, 0) is 56.5 Å². The number of benzene rings is 3. The van der Waals surface area contributed by atoms with E-state index in [1.807, 2.05) is 113 Å². The van der Waals surface area contributed by atoms with Crippen LogP contribution in [0, 0.1) is 6.92 Å². The average molecular weight is 459 g/mol. The van der Waals surface area contributed by atoms with Crippen molar-refractivity contribution in [3.63, 3.8) is 0 Å². The van der Waals surface area contributed by atoms with Crippen molar-refractivity contribution in [1.29, 1.82) is 0 Å². The third kappa shape index (κ3) is 7.48. The predicted molar refractivity (Wildman–Crippen MR) is 135 cm³/mol. The first-order valence-electron chi connectivity index (χ1n) is 11.6. The summed E-state index contributed by atoms with van der Waals surface area (Å²) >= 11 is 0. The molecule has 1 N–H and O–H groups in total. The van der Waals surface area contributed by atoms with Crippen molar-refractivity contribution in [1.82, 2.24) is 10.2 Å². The summed E-state index contributed by atoms with van der Waals surface area (Å²) < 4.78 is 5.77. The fraction of sp³-hybridized carbons (Fsp3) is 0.310. The lowest BCUT2D eigenvalue weighted by molar-refractivity contribution is -0.143. The molecule has 3 rings (SSSR count). The molecule has 34 heavy (non-hydrogen) atoms. The lowest BCUT2D eigenvalue weighted by Gasteiger charge is -2.34. The van der Waals surface area contributed by atoms with Gasteiger partial charge in [0.2, 0.25) is 5.91 Å². The van der Waals surface area contributed by atoms with Gasteiger partial charge in [0.15, 0.2) is 6.61 Å². The van der Waals surface area contributed by atoms with Gasteiger partial charge >= 0.3 is 0 Å². The van der Waals surface area contributed by atoms with Gasteiger partial charge in [-0.15, -0.1) is 0 Å². The van der Waals surface area contributed by atoms with Crippen LogP contribution in [-0.4, -0.2) is 34.9 Å². The molecular formula is C29H34N2O3. The Bertz CT molecular complexity index is 1080. The van der Waals surface area contributed by atoms with Crippen LogP contribution in [0.3, 0.4) is 0 Å². The van der Waals surface area contributed by atoms with Crippen molar-refractivity contribution >= 4 is 11.8 Å². The summed E-state index contributed by atoms with van der Waals surface area (Å²) in [6, 6.07) is 26.3. The van der Waals surface area contributed by atoms with E-state index in [4.69, 9.17) is 4.74 Å². The van der Waals surface area contributed by atoms with Gasteiger partial charge in [0, 0.05) is 18.5 Å². The van der Waals surface area contributed by atoms with Crippen LogP contribution in [0.5, 0.6) is 5.75 Å². The quantitative estimate of drug-likeness (QED) is 0.495. The third-order valence-corrected chi connectivity index (χ3v) is 5.48. The molecule has 3 aromatic rings. The second kappa shape index (κ2) is 11.5. The number of carbonyl (C=O) groups excluding carboxylic acids is 2. The molecule has 3 aromatic carbocycles. The second-order valence-corrected chi connectivity index (χ2v) is 9.49. The molecule has 0 aromatic heterocycles. The minimum atomic E-state index is -0.687. The summed E-state index contributed by atoms with van der Waals surface area (Å²) in [5.41, 5.74) is 2.63. The van der Waals surface area contributed by atoms with Crippen LogP contribution < -0.4 is 10.1 Å². The second-order valence-electron chi connectivity index (χ2n) is 9.49. The highest BCUT2D eigenvalue weighted by Crippen LogP contribution is 2.18. The Kier molecular flexibility index (Phi) is 8.47. The summed E-state index contributed by atoms with van der Waals surface area (Å²) in [5, 5.41) is 3.08. The standard InChI is InChI=1S/C29H34N2O3/c1-22-13-11-12-16-24(22)20-31(27(32)21-34-25-17-9-6-10-18-25)26(28(33)30-29(2,3)4)19-23-14-7-5-8-15-23/h5-18,26H,19-21H2,1-4H3,(H,30,33)/t26-/m1/s1. The summed E-state index contributed by atoms with van der Waals surface area (Å²) in [6.07, 6.45) is 0.408. The van der Waals surface area contributed by atoms with Crippen LogP contribution in [0.15, 0.2) is 84.9 Å². The third-order valence-electron chi connectivity index (χ3n) is 5.48. The molecule has 2 amide bonds. The Hall–Kier alpha value is -3.60. The van der Waals surface area contributed by atoms with Crippen molar-refractivity contribution in [2.45, 2.75) is 52.2 Å². The zero-order chi connectivity index (χ0) is 24.6. The minimum absolute atomic E-state index is 0.149. The first-order valence-corrected chi connectivity index (χ1v) is 11.6. The van der Waals surface area contributed by atoms with Crippen molar-refractivity contribution in [3.8, 4) is 5.75 Å². The van der Waals surface area contributed by atoms with Crippen LogP contribution in [0.4, 0.5) is 0 Å². The fourth-order valence-electron chi connectivity index (χ4n) is 3.72. The molecule has 0 aliphatic rings. The number of amides is 2. The van der Waals surface area contributed by atoms with Gasteiger partial charge in [0.1, 0.15) is 11.8 Å². The van der Waals surface area contributed by atoms with E-state index < -0.39 is 11.6 Å². The normalized spacial score (nSPS) is 12.0. The van der Waals surface area contributed by atoms with Crippen molar-refractivity contribution in [2.24, 2.45) is 0 Å². The van der Waals surface area contributed by atoms with Gasteiger partial charge in [-0.2, -0.15) is 0 Å². The smallest absolute Gasteiger partial charge is 0.261 e. The van der Waals surface area contributed by atoms with Gasteiger partial charge in [-0.25, -0.2) is 0 Å².